The van der Waals surface area contributed by atoms with E-state index in [2.05, 4.69) is 56.9 Å². The molecule has 0 fully saturated rings. The van der Waals surface area contributed by atoms with E-state index in [-0.39, 0.29) is 5.41 Å². The molecule has 0 aliphatic rings. The Balaban J connectivity index is 2.30. The van der Waals surface area contributed by atoms with Gasteiger partial charge in [0.2, 0.25) is 0 Å². The molecule has 0 spiro atoms. The number of hydrogen-bond donors (Lipinski definition) is 1. The molecular weight excluding hydrogens is 292 g/mol. The summed E-state index contributed by atoms with van der Waals surface area (Å²) in [5.41, 5.74) is 5.22. The molecule has 1 nitrogen and oxygen atoms in total. The van der Waals surface area contributed by atoms with Crippen LogP contribution in [-0.4, -0.2) is 5.11 Å². The maximum Gasteiger partial charge on any atom is 0.0986 e. The zero-order valence-electron chi connectivity index (χ0n) is 15.2. The van der Waals surface area contributed by atoms with E-state index < -0.39 is 6.10 Å². The van der Waals surface area contributed by atoms with Crippen molar-refractivity contribution in [1.29, 1.82) is 0 Å². The van der Waals surface area contributed by atoms with Crippen LogP contribution in [0.25, 0.3) is 0 Å². The quantitative estimate of drug-likeness (QED) is 0.582. The third-order valence-corrected chi connectivity index (χ3v) is 3.86. The van der Waals surface area contributed by atoms with E-state index in [4.69, 9.17) is 0 Å². The van der Waals surface area contributed by atoms with Gasteiger partial charge in [0, 0.05) is 11.1 Å². The van der Waals surface area contributed by atoms with Gasteiger partial charge in [0.1, 0.15) is 0 Å². The lowest BCUT2D eigenvalue weighted by Gasteiger charge is -2.18. The number of benzene rings is 2. The zero-order chi connectivity index (χ0) is 17.7. The maximum atomic E-state index is 10.4. The number of rotatable bonds is 2. The van der Waals surface area contributed by atoms with E-state index >= 15 is 0 Å². The first-order valence-electron chi connectivity index (χ1n) is 8.32. The van der Waals surface area contributed by atoms with Crippen LogP contribution >= 0.6 is 0 Å². The highest BCUT2D eigenvalue weighted by atomic mass is 16.3. The molecule has 0 heterocycles. The monoisotopic (exact) mass is 318 g/mol. The van der Waals surface area contributed by atoms with Crippen LogP contribution in [0.4, 0.5) is 0 Å². The predicted octanol–water partition coefficient (Wildman–Crippen LogP) is 5.38. The smallest absolute Gasteiger partial charge is 0.0986 e. The normalized spacial score (nSPS) is 12.1. The molecule has 0 radical (unpaired) electrons. The van der Waals surface area contributed by atoms with E-state index in [9.17, 15) is 5.11 Å². The molecule has 1 atom stereocenters. The number of hydrogen-bond acceptors (Lipinski definition) is 1. The van der Waals surface area contributed by atoms with Gasteiger partial charge in [-0.3, -0.25) is 0 Å². The van der Waals surface area contributed by atoms with Gasteiger partial charge in [-0.2, -0.15) is 0 Å². The fourth-order valence-corrected chi connectivity index (χ4v) is 2.47. The molecule has 1 unspecified atom stereocenters. The van der Waals surface area contributed by atoms with Gasteiger partial charge in [-0.25, -0.2) is 0 Å². The molecule has 0 aliphatic heterocycles. The second-order valence-electron chi connectivity index (χ2n) is 7.35. The number of aliphatic hydroxyl groups is 1. The van der Waals surface area contributed by atoms with E-state index in [1.807, 2.05) is 44.2 Å². The number of aliphatic hydroxyl groups excluding tert-OH is 1. The fraction of sp³-hybridized carbons (Fsp3) is 0.304. The second kappa shape index (κ2) is 7.51. The van der Waals surface area contributed by atoms with Crippen LogP contribution < -0.4 is 0 Å². The predicted molar refractivity (Wildman–Crippen MR) is 102 cm³/mol. The summed E-state index contributed by atoms with van der Waals surface area (Å²) in [4.78, 5) is 0. The van der Waals surface area contributed by atoms with E-state index in [1.54, 1.807) is 0 Å². The molecule has 0 aromatic heterocycles. The summed E-state index contributed by atoms with van der Waals surface area (Å²) in [6, 6.07) is 16.1. The van der Waals surface area contributed by atoms with Crippen molar-refractivity contribution in [1.82, 2.24) is 0 Å². The van der Waals surface area contributed by atoms with Crippen molar-refractivity contribution in [2.45, 2.75) is 46.1 Å². The van der Waals surface area contributed by atoms with Crippen molar-refractivity contribution in [2.75, 3.05) is 0 Å². The molecule has 0 saturated heterocycles. The Morgan fingerprint density at radius 1 is 0.958 bits per heavy atom. The SMILES string of the molecule is CC(C)=CC(O)c1ccccc1C#Cc1ccc(C(C)(C)C)cc1. The van der Waals surface area contributed by atoms with Gasteiger partial charge in [-0.05, 0) is 48.6 Å². The molecule has 1 N–H and O–H groups in total. The van der Waals surface area contributed by atoms with Crippen molar-refractivity contribution in [3.63, 3.8) is 0 Å². The summed E-state index contributed by atoms with van der Waals surface area (Å²) in [5, 5.41) is 10.4. The Hall–Kier alpha value is -2.30. The highest BCUT2D eigenvalue weighted by Crippen LogP contribution is 2.22. The summed E-state index contributed by atoms with van der Waals surface area (Å²) < 4.78 is 0. The van der Waals surface area contributed by atoms with Crippen LogP contribution in [0.15, 0.2) is 60.2 Å². The van der Waals surface area contributed by atoms with Crippen LogP contribution in [0.3, 0.4) is 0 Å². The Kier molecular flexibility index (Phi) is 5.65. The molecule has 0 bridgehead atoms. The standard InChI is InChI=1S/C23H26O/c1-17(2)16-22(24)21-9-7-6-8-19(21)13-10-18-11-14-20(15-12-18)23(3,4)5/h6-9,11-12,14-16,22,24H,1-5H3. The van der Waals surface area contributed by atoms with E-state index in [0.29, 0.717) is 0 Å². The maximum absolute atomic E-state index is 10.4. The third-order valence-electron chi connectivity index (χ3n) is 3.86. The number of allylic oxidation sites excluding steroid dienone is 1. The van der Waals surface area contributed by atoms with Crippen molar-refractivity contribution in [3.05, 3.63) is 82.4 Å². The minimum Gasteiger partial charge on any atom is -0.384 e. The van der Waals surface area contributed by atoms with Gasteiger partial charge >= 0.3 is 0 Å². The summed E-state index contributed by atoms with van der Waals surface area (Å²) in [6.45, 7) is 10.6. The molecule has 0 saturated carbocycles. The van der Waals surface area contributed by atoms with Crippen LogP contribution in [0.2, 0.25) is 0 Å². The molecule has 24 heavy (non-hydrogen) atoms. The summed E-state index contributed by atoms with van der Waals surface area (Å²) >= 11 is 0. The van der Waals surface area contributed by atoms with Crippen LogP contribution in [0.1, 0.15) is 63.0 Å². The highest BCUT2D eigenvalue weighted by molar-refractivity contribution is 5.48. The minimum absolute atomic E-state index is 0.146. The van der Waals surface area contributed by atoms with Gasteiger partial charge in [0.15, 0.2) is 0 Å². The minimum atomic E-state index is -0.622. The largest absolute Gasteiger partial charge is 0.384 e. The first-order valence-corrected chi connectivity index (χ1v) is 8.32. The van der Waals surface area contributed by atoms with Crippen molar-refractivity contribution < 1.29 is 5.11 Å². The molecular formula is C23H26O. The van der Waals surface area contributed by atoms with Crippen LogP contribution in [0, 0.1) is 11.8 Å². The van der Waals surface area contributed by atoms with Crippen LogP contribution in [-0.2, 0) is 5.41 Å². The first kappa shape index (κ1) is 18.0. The summed E-state index contributed by atoms with van der Waals surface area (Å²) in [6.07, 6.45) is 1.22. The van der Waals surface area contributed by atoms with Crippen molar-refractivity contribution >= 4 is 0 Å². The lowest BCUT2D eigenvalue weighted by atomic mass is 9.87. The lowest BCUT2D eigenvalue weighted by Crippen LogP contribution is -2.10. The Labute approximate surface area is 146 Å². The van der Waals surface area contributed by atoms with Gasteiger partial charge in [-0.1, -0.05) is 74.6 Å². The van der Waals surface area contributed by atoms with E-state index in [1.165, 1.54) is 5.56 Å². The Morgan fingerprint density at radius 2 is 1.58 bits per heavy atom. The van der Waals surface area contributed by atoms with E-state index in [0.717, 1.165) is 22.3 Å². The zero-order valence-corrected chi connectivity index (χ0v) is 15.2. The molecule has 2 aromatic rings. The molecule has 0 amide bonds. The second-order valence-corrected chi connectivity index (χ2v) is 7.35. The Morgan fingerprint density at radius 3 is 2.17 bits per heavy atom. The molecule has 2 rings (SSSR count). The fourth-order valence-electron chi connectivity index (χ4n) is 2.47. The molecule has 2 aromatic carbocycles. The van der Waals surface area contributed by atoms with Crippen molar-refractivity contribution in [3.8, 4) is 11.8 Å². The average molecular weight is 318 g/mol. The Bertz CT molecular complexity index is 773. The van der Waals surface area contributed by atoms with Gasteiger partial charge in [0.05, 0.1) is 6.10 Å². The first-order chi connectivity index (χ1) is 11.3. The molecule has 124 valence electrons. The van der Waals surface area contributed by atoms with Gasteiger partial charge in [0.25, 0.3) is 0 Å². The summed E-state index contributed by atoms with van der Waals surface area (Å²) in [7, 11) is 0. The van der Waals surface area contributed by atoms with Gasteiger partial charge in [-0.15, -0.1) is 0 Å². The van der Waals surface area contributed by atoms with Gasteiger partial charge < -0.3 is 5.11 Å². The summed E-state index contributed by atoms with van der Waals surface area (Å²) in [5.74, 6) is 6.41. The van der Waals surface area contributed by atoms with Crippen molar-refractivity contribution in [2.24, 2.45) is 0 Å². The third kappa shape index (κ3) is 4.85. The average Bonchev–Trinajstić information content (AvgIpc) is 2.52. The molecule has 1 heteroatoms. The van der Waals surface area contributed by atoms with Crippen LogP contribution in [0.5, 0.6) is 0 Å². The topological polar surface area (TPSA) is 20.2 Å². The highest BCUT2D eigenvalue weighted by Gasteiger charge is 2.12. The molecule has 0 aliphatic carbocycles. The lowest BCUT2D eigenvalue weighted by molar-refractivity contribution is 0.227.